The molecule has 21 heavy (non-hydrogen) atoms. The number of amidine groups is 1. The van der Waals surface area contributed by atoms with Crippen molar-refractivity contribution in [2.24, 2.45) is 10.9 Å². The molecule has 1 fully saturated rings. The van der Waals surface area contributed by atoms with E-state index in [0.717, 1.165) is 32.6 Å². The number of nitro groups is 1. The molecular formula is C12H18N6O3. The van der Waals surface area contributed by atoms with Gasteiger partial charge in [0.25, 0.3) is 5.69 Å². The van der Waals surface area contributed by atoms with Crippen LogP contribution in [0.3, 0.4) is 0 Å². The van der Waals surface area contributed by atoms with Gasteiger partial charge >= 0.3 is 0 Å². The van der Waals surface area contributed by atoms with E-state index in [1.54, 1.807) is 0 Å². The van der Waals surface area contributed by atoms with E-state index in [1.165, 1.54) is 12.3 Å². The average molecular weight is 294 g/mol. The van der Waals surface area contributed by atoms with Crippen molar-refractivity contribution < 1.29 is 10.1 Å². The number of hydrogen-bond acceptors (Lipinski definition) is 7. The van der Waals surface area contributed by atoms with Crippen molar-refractivity contribution in [1.82, 2.24) is 9.88 Å². The van der Waals surface area contributed by atoms with Gasteiger partial charge in [-0.3, -0.25) is 10.1 Å². The smallest absolute Gasteiger partial charge is 0.288 e. The number of pyridine rings is 1. The molecule has 0 aliphatic carbocycles. The van der Waals surface area contributed by atoms with Crippen molar-refractivity contribution in [3.05, 3.63) is 27.9 Å². The Morgan fingerprint density at radius 3 is 2.90 bits per heavy atom. The zero-order valence-electron chi connectivity index (χ0n) is 11.8. The van der Waals surface area contributed by atoms with Crippen LogP contribution in [0.15, 0.2) is 17.4 Å². The molecule has 114 valence electrons. The average Bonchev–Trinajstić information content (AvgIpc) is 2.70. The Bertz CT molecular complexity index is 562. The van der Waals surface area contributed by atoms with E-state index in [4.69, 9.17) is 10.9 Å². The molecule has 1 saturated heterocycles. The predicted octanol–water partition coefficient (Wildman–Crippen LogP) is 0.226. The third-order valence-corrected chi connectivity index (χ3v) is 3.47. The van der Waals surface area contributed by atoms with Gasteiger partial charge in [-0.2, -0.15) is 0 Å². The van der Waals surface area contributed by atoms with Crippen LogP contribution in [-0.2, 0) is 0 Å². The van der Waals surface area contributed by atoms with Gasteiger partial charge in [0.15, 0.2) is 5.84 Å². The summed E-state index contributed by atoms with van der Waals surface area (Å²) in [5.74, 6) is 0.324. The summed E-state index contributed by atoms with van der Waals surface area (Å²) in [6, 6.07) is 1.28. The fourth-order valence-electron chi connectivity index (χ4n) is 2.30. The van der Waals surface area contributed by atoms with E-state index < -0.39 is 4.92 Å². The molecule has 9 nitrogen and oxygen atoms in total. The van der Waals surface area contributed by atoms with Crippen LogP contribution >= 0.6 is 0 Å². The van der Waals surface area contributed by atoms with Crippen molar-refractivity contribution in [3.8, 4) is 0 Å². The van der Waals surface area contributed by atoms with Gasteiger partial charge in [-0.05, 0) is 20.0 Å². The van der Waals surface area contributed by atoms with Crippen LogP contribution in [0.5, 0.6) is 0 Å². The van der Waals surface area contributed by atoms with E-state index in [0.29, 0.717) is 5.82 Å². The van der Waals surface area contributed by atoms with Crippen LogP contribution in [0, 0.1) is 10.1 Å². The molecule has 0 aromatic carbocycles. The van der Waals surface area contributed by atoms with Gasteiger partial charge in [-0.25, -0.2) is 4.98 Å². The molecule has 0 bridgehead atoms. The van der Waals surface area contributed by atoms with E-state index in [9.17, 15) is 10.1 Å². The molecule has 1 aromatic heterocycles. The Balaban J connectivity index is 2.39. The topological polar surface area (TPSA) is 121 Å². The number of rotatable bonds is 3. The van der Waals surface area contributed by atoms with Crippen LogP contribution in [-0.4, -0.2) is 59.1 Å². The zero-order valence-corrected chi connectivity index (χ0v) is 11.8. The summed E-state index contributed by atoms with van der Waals surface area (Å²) >= 11 is 0. The normalized spacial score (nSPS) is 17.6. The van der Waals surface area contributed by atoms with Gasteiger partial charge in [-0.15, -0.1) is 0 Å². The molecule has 9 heteroatoms. The molecule has 2 rings (SSSR count). The van der Waals surface area contributed by atoms with E-state index >= 15 is 0 Å². The van der Waals surface area contributed by atoms with Crippen molar-refractivity contribution in [1.29, 1.82) is 0 Å². The van der Waals surface area contributed by atoms with E-state index in [2.05, 4.69) is 15.0 Å². The van der Waals surface area contributed by atoms with E-state index in [1.807, 2.05) is 11.9 Å². The lowest BCUT2D eigenvalue weighted by Crippen LogP contribution is -2.31. The Morgan fingerprint density at radius 1 is 1.48 bits per heavy atom. The fourth-order valence-corrected chi connectivity index (χ4v) is 2.30. The third kappa shape index (κ3) is 3.37. The minimum atomic E-state index is -0.554. The largest absolute Gasteiger partial charge is 0.409 e. The summed E-state index contributed by atoms with van der Waals surface area (Å²) in [5.41, 5.74) is 5.72. The minimum absolute atomic E-state index is 0.182. The molecule has 0 amide bonds. The first-order valence-corrected chi connectivity index (χ1v) is 6.58. The molecule has 3 N–H and O–H groups in total. The molecule has 1 aromatic rings. The molecule has 0 unspecified atom stereocenters. The summed E-state index contributed by atoms with van der Waals surface area (Å²) in [6.45, 7) is 3.32. The number of oxime groups is 1. The molecule has 1 aliphatic heterocycles. The number of aromatic nitrogens is 1. The van der Waals surface area contributed by atoms with Gasteiger partial charge in [0, 0.05) is 25.7 Å². The lowest BCUT2D eigenvalue weighted by molar-refractivity contribution is -0.385. The second kappa shape index (κ2) is 6.35. The minimum Gasteiger partial charge on any atom is -0.409 e. The maximum Gasteiger partial charge on any atom is 0.288 e. The fraction of sp³-hybridized carbons (Fsp3) is 0.500. The second-order valence-electron chi connectivity index (χ2n) is 4.95. The van der Waals surface area contributed by atoms with Gasteiger partial charge in [0.05, 0.1) is 10.5 Å². The molecular weight excluding hydrogens is 276 g/mol. The quantitative estimate of drug-likeness (QED) is 0.269. The molecule has 0 spiro atoms. The van der Waals surface area contributed by atoms with Gasteiger partial charge in [0.2, 0.25) is 0 Å². The Morgan fingerprint density at radius 2 is 2.24 bits per heavy atom. The van der Waals surface area contributed by atoms with Crippen LogP contribution in [0.2, 0.25) is 0 Å². The Kier molecular flexibility index (Phi) is 4.53. The molecule has 0 atom stereocenters. The predicted molar refractivity (Wildman–Crippen MR) is 77.7 cm³/mol. The van der Waals surface area contributed by atoms with Crippen LogP contribution in [0.4, 0.5) is 11.5 Å². The highest BCUT2D eigenvalue weighted by molar-refractivity contribution is 6.01. The maximum atomic E-state index is 10.9. The number of nitrogens with zero attached hydrogens (tertiary/aromatic N) is 5. The maximum absolute atomic E-state index is 10.9. The lowest BCUT2D eigenvalue weighted by atomic mass is 10.2. The van der Waals surface area contributed by atoms with Crippen LogP contribution < -0.4 is 10.6 Å². The highest BCUT2D eigenvalue weighted by Crippen LogP contribution is 2.23. The van der Waals surface area contributed by atoms with Crippen molar-refractivity contribution in [3.63, 3.8) is 0 Å². The summed E-state index contributed by atoms with van der Waals surface area (Å²) in [4.78, 5) is 18.7. The van der Waals surface area contributed by atoms with Crippen LogP contribution in [0.1, 0.15) is 12.0 Å². The van der Waals surface area contributed by atoms with Gasteiger partial charge < -0.3 is 20.7 Å². The van der Waals surface area contributed by atoms with Gasteiger partial charge in [0.1, 0.15) is 12.0 Å². The molecule has 2 heterocycles. The van der Waals surface area contributed by atoms with Gasteiger partial charge in [-0.1, -0.05) is 5.16 Å². The van der Waals surface area contributed by atoms with Crippen molar-refractivity contribution >= 4 is 17.3 Å². The molecule has 0 saturated carbocycles. The second-order valence-corrected chi connectivity index (χ2v) is 4.95. The first-order valence-electron chi connectivity index (χ1n) is 6.58. The first-order chi connectivity index (χ1) is 10.0. The highest BCUT2D eigenvalue weighted by Gasteiger charge is 2.21. The standard InChI is InChI=1S/C12H18N6O3/c1-16-3-2-4-17(6-5-16)12-10(11(13)15-19)7-9(8-14-12)18(20)21/h7-8,19H,2-6H2,1H3,(H2,13,15). The Labute approximate surface area is 121 Å². The summed E-state index contributed by atoms with van der Waals surface area (Å²) in [7, 11) is 2.04. The Hall–Kier alpha value is -2.42. The van der Waals surface area contributed by atoms with Crippen LogP contribution in [0.25, 0.3) is 0 Å². The zero-order chi connectivity index (χ0) is 15.4. The SMILES string of the molecule is CN1CCCN(c2ncc([N+](=O)[O-])cc2C(N)=NO)CC1. The number of nitrogens with two attached hydrogens (primary N) is 1. The highest BCUT2D eigenvalue weighted by atomic mass is 16.6. The lowest BCUT2D eigenvalue weighted by Gasteiger charge is -2.23. The van der Waals surface area contributed by atoms with Crippen molar-refractivity contribution in [2.75, 3.05) is 38.1 Å². The summed E-state index contributed by atoms with van der Waals surface area (Å²) in [5, 5.41) is 22.7. The first kappa shape index (κ1) is 15.0. The summed E-state index contributed by atoms with van der Waals surface area (Å²) < 4.78 is 0. The number of likely N-dealkylation sites (N-methyl/N-ethyl adjacent to an activating group) is 1. The third-order valence-electron chi connectivity index (χ3n) is 3.47. The summed E-state index contributed by atoms with van der Waals surface area (Å²) in [6.07, 6.45) is 2.14. The molecule has 0 radical (unpaired) electrons. The molecule has 1 aliphatic rings. The number of anilines is 1. The monoisotopic (exact) mass is 294 g/mol. The van der Waals surface area contributed by atoms with E-state index in [-0.39, 0.29) is 17.1 Å². The number of hydrogen-bond donors (Lipinski definition) is 2. The van der Waals surface area contributed by atoms with Crippen molar-refractivity contribution in [2.45, 2.75) is 6.42 Å².